The molecule has 0 bridgehead atoms. The van der Waals surface area contributed by atoms with Crippen LogP contribution in [0.1, 0.15) is 0 Å². The van der Waals surface area contributed by atoms with Gasteiger partial charge in [0, 0.05) is 13.1 Å². The van der Waals surface area contributed by atoms with Crippen molar-refractivity contribution in [2.24, 2.45) is 0 Å². The molecule has 1 N–H and O–H groups in total. The number of nitrogens with zero attached hydrogens (tertiary/aromatic N) is 1. The zero-order valence-corrected chi connectivity index (χ0v) is 6.53. The van der Waals surface area contributed by atoms with Gasteiger partial charge in [-0.3, -0.25) is 4.79 Å². The maximum atomic E-state index is 10.7. The maximum absolute atomic E-state index is 10.7. The highest BCUT2D eigenvalue weighted by Gasteiger charge is 2.23. The van der Waals surface area contributed by atoms with Crippen LogP contribution in [-0.2, 0) is 4.79 Å². The van der Waals surface area contributed by atoms with E-state index in [1.807, 2.05) is 0 Å². The second kappa shape index (κ2) is 2.81. The van der Waals surface area contributed by atoms with E-state index in [1.165, 1.54) is 0 Å². The van der Waals surface area contributed by atoms with Gasteiger partial charge in [-0.2, -0.15) is 0 Å². The molecule has 0 aromatic carbocycles. The van der Waals surface area contributed by atoms with Gasteiger partial charge in [0.1, 0.15) is 5.37 Å². The van der Waals surface area contributed by atoms with Crippen molar-refractivity contribution in [1.29, 1.82) is 0 Å². The zero-order chi connectivity index (χ0) is 6.85. The quantitative estimate of drug-likeness (QED) is 0.423. The van der Waals surface area contributed by atoms with E-state index in [0.29, 0.717) is 6.54 Å². The van der Waals surface area contributed by atoms with E-state index in [2.05, 4.69) is 30.8 Å². The highest BCUT2D eigenvalue weighted by molar-refractivity contribution is 7.84. The normalized spacial score (nSPS) is 30.0. The van der Waals surface area contributed by atoms with E-state index in [0.717, 1.165) is 6.54 Å². The first-order chi connectivity index (χ1) is 4.22. The molecule has 52 valence electrons. The Morgan fingerprint density at radius 2 is 2.44 bits per heavy atom. The summed E-state index contributed by atoms with van der Waals surface area (Å²) >= 11 is 8.00. The number of carbonyl (C=O) groups is 1. The average molecular weight is 164 g/mol. The van der Waals surface area contributed by atoms with Gasteiger partial charge in [0.25, 0.3) is 0 Å². The summed E-state index contributed by atoms with van der Waals surface area (Å²) in [4.78, 5) is 10.7. The first-order valence-electron chi connectivity index (χ1n) is 2.63. The Morgan fingerprint density at radius 3 is 2.89 bits per heavy atom. The zero-order valence-electron chi connectivity index (χ0n) is 4.74. The summed E-state index contributed by atoms with van der Waals surface area (Å²) in [5, 5.41) is 2.27. The molecule has 0 aromatic rings. The lowest BCUT2D eigenvalue weighted by Gasteiger charge is -2.26. The molecular weight excluding hydrogens is 156 g/mol. The van der Waals surface area contributed by atoms with Crippen LogP contribution < -0.4 is 5.32 Å². The van der Waals surface area contributed by atoms with Crippen LogP contribution in [0.5, 0.6) is 0 Å². The first-order valence-corrected chi connectivity index (χ1v) is 3.55. The van der Waals surface area contributed by atoms with E-state index >= 15 is 0 Å². The number of piperazine rings is 1. The summed E-state index contributed by atoms with van der Waals surface area (Å²) in [6.45, 7) is 1.42. The van der Waals surface area contributed by atoms with Gasteiger partial charge in [-0.15, -0.1) is 12.6 Å². The van der Waals surface area contributed by atoms with Gasteiger partial charge < -0.3 is 5.32 Å². The summed E-state index contributed by atoms with van der Waals surface area (Å²) in [7, 11) is 0. The number of carbonyl (C=O) groups excluding carboxylic acids is 1. The Labute approximate surface area is 64.7 Å². The molecule has 1 heterocycles. The van der Waals surface area contributed by atoms with E-state index in [9.17, 15) is 4.79 Å². The van der Waals surface area contributed by atoms with E-state index in [4.69, 9.17) is 0 Å². The minimum Gasteiger partial charge on any atom is -0.353 e. The van der Waals surface area contributed by atoms with E-state index in [1.54, 1.807) is 4.31 Å². The molecule has 1 aliphatic heterocycles. The van der Waals surface area contributed by atoms with Crippen molar-refractivity contribution in [1.82, 2.24) is 9.62 Å². The Bertz CT molecular complexity index is 130. The van der Waals surface area contributed by atoms with Crippen molar-refractivity contribution in [3.63, 3.8) is 0 Å². The Morgan fingerprint density at radius 1 is 1.78 bits per heavy atom. The molecule has 1 amide bonds. The monoisotopic (exact) mass is 164 g/mol. The van der Waals surface area contributed by atoms with Crippen molar-refractivity contribution >= 4 is 31.4 Å². The number of hydrogen-bond donors (Lipinski definition) is 3. The third kappa shape index (κ3) is 1.53. The van der Waals surface area contributed by atoms with Gasteiger partial charge in [0.2, 0.25) is 5.91 Å². The summed E-state index contributed by atoms with van der Waals surface area (Å²) in [6.07, 6.45) is 0. The molecule has 5 heteroatoms. The molecule has 0 spiro atoms. The van der Waals surface area contributed by atoms with Gasteiger partial charge in [-0.1, -0.05) is 12.8 Å². The SMILES string of the molecule is O=C1NCCN(S)C1S. The van der Waals surface area contributed by atoms with Crippen LogP contribution in [0, 0.1) is 0 Å². The third-order valence-electron chi connectivity index (χ3n) is 1.16. The largest absolute Gasteiger partial charge is 0.353 e. The Kier molecular flexibility index (Phi) is 2.26. The number of nitrogens with one attached hydrogen (secondary N) is 1. The summed E-state index contributed by atoms with van der Waals surface area (Å²) < 4.78 is 1.60. The number of amides is 1. The maximum Gasteiger partial charge on any atom is 0.248 e. The van der Waals surface area contributed by atoms with Crippen molar-refractivity contribution in [3.05, 3.63) is 0 Å². The minimum absolute atomic E-state index is 0.0698. The van der Waals surface area contributed by atoms with Gasteiger partial charge in [0.05, 0.1) is 0 Å². The number of hydrogen-bond acceptors (Lipinski definition) is 4. The molecule has 1 aliphatic rings. The van der Waals surface area contributed by atoms with Crippen LogP contribution in [0.2, 0.25) is 0 Å². The number of thiol groups is 2. The molecule has 1 rings (SSSR count). The van der Waals surface area contributed by atoms with E-state index < -0.39 is 0 Å². The standard InChI is InChI=1S/C4H8N2OS2/c7-3-4(8)6(9)2-1-5-3/h4,8-9H,1-2H2,(H,5,7). The predicted molar refractivity (Wildman–Crippen MR) is 41.5 cm³/mol. The summed E-state index contributed by atoms with van der Waals surface area (Å²) in [5.41, 5.74) is 0. The topological polar surface area (TPSA) is 32.3 Å². The van der Waals surface area contributed by atoms with Crippen molar-refractivity contribution in [2.45, 2.75) is 5.37 Å². The highest BCUT2D eigenvalue weighted by Crippen LogP contribution is 2.09. The van der Waals surface area contributed by atoms with Gasteiger partial charge >= 0.3 is 0 Å². The Balaban J connectivity index is 2.51. The molecule has 0 radical (unpaired) electrons. The van der Waals surface area contributed by atoms with Crippen molar-refractivity contribution in [2.75, 3.05) is 13.1 Å². The molecule has 9 heavy (non-hydrogen) atoms. The fourth-order valence-electron chi connectivity index (χ4n) is 0.643. The highest BCUT2D eigenvalue weighted by atomic mass is 32.1. The lowest BCUT2D eigenvalue weighted by molar-refractivity contribution is -0.123. The smallest absolute Gasteiger partial charge is 0.248 e. The number of rotatable bonds is 0. The van der Waals surface area contributed by atoms with Crippen LogP contribution in [0.25, 0.3) is 0 Å². The molecule has 1 atom stereocenters. The molecule has 0 saturated carbocycles. The second-order valence-electron chi connectivity index (χ2n) is 1.83. The van der Waals surface area contributed by atoms with Crippen molar-refractivity contribution in [3.8, 4) is 0 Å². The predicted octanol–water partition coefficient (Wildman–Crippen LogP) is -0.481. The van der Waals surface area contributed by atoms with Crippen molar-refractivity contribution < 1.29 is 4.79 Å². The summed E-state index contributed by atoms with van der Waals surface area (Å²) in [5.74, 6) is -0.0698. The van der Waals surface area contributed by atoms with Gasteiger partial charge in [-0.25, -0.2) is 4.31 Å². The molecule has 0 aromatic heterocycles. The first kappa shape index (κ1) is 7.24. The third-order valence-corrected chi connectivity index (χ3v) is 2.28. The van der Waals surface area contributed by atoms with E-state index in [-0.39, 0.29) is 11.3 Å². The molecule has 1 unspecified atom stereocenters. The van der Waals surface area contributed by atoms with Crippen LogP contribution in [0.4, 0.5) is 0 Å². The molecule has 0 aliphatic carbocycles. The fourth-order valence-corrected chi connectivity index (χ4v) is 1.05. The average Bonchev–Trinajstić information content (AvgIpc) is 1.83. The van der Waals surface area contributed by atoms with Gasteiger partial charge in [0.15, 0.2) is 0 Å². The minimum atomic E-state index is -0.387. The fraction of sp³-hybridized carbons (Fsp3) is 0.750. The van der Waals surface area contributed by atoms with Crippen LogP contribution in [0.3, 0.4) is 0 Å². The lowest BCUT2D eigenvalue weighted by Crippen LogP contribution is -2.48. The molecular formula is C4H8N2OS2. The van der Waals surface area contributed by atoms with Gasteiger partial charge in [-0.05, 0) is 0 Å². The van der Waals surface area contributed by atoms with Crippen LogP contribution in [0.15, 0.2) is 0 Å². The molecule has 3 nitrogen and oxygen atoms in total. The van der Waals surface area contributed by atoms with Crippen LogP contribution in [-0.4, -0.2) is 28.7 Å². The Hall–Kier alpha value is 0.130. The lowest BCUT2D eigenvalue weighted by atomic mass is 10.4. The molecule has 1 saturated heterocycles. The second-order valence-corrected chi connectivity index (χ2v) is 2.83. The summed E-state index contributed by atoms with van der Waals surface area (Å²) in [6, 6.07) is 0. The van der Waals surface area contributed by atoms with Crippen LogP contribution >= 0.6 is 25.4 Å². The molecule has 1 fully saturated rings.